The Labute approximate surface area is 145 Å². The van der Waals surface area contributed by atoms with E-state index in [1.54, 1.807) is 0 Å². The van der Waals surface area contributed by atoms with Gasteiger partial charge in [0.1, 0.15) is 0 Å². The van der Waals surface area contributed by atoms with E-state index in [2.05, 4.69) is 22.3 Å². The van der Waals surface area contributed by atoms with Crippen LogP contribution in [0.15, 0.2) is 30.3 Å². The van der Waals surface area contributed by atoms with E-state index in [-0.39, 0.29) is 23.7 Å². The first-order valence-corrected chi connectivity index (χ1v) is 8.81. The van der Waals surface area contributed by atoms with Crippen molar-refractivity contribution in [2.45, 2.75) is 26.7 Å². The number of carbonyl (C=O) groups excluding carboxylic acids is 2. The molecule has 0 bridgehead atoms. The van der Waals surface area contributed by atoms with Crippen LogP contribution in [-0.4, -0.2) is 49.9 Å². The number of piperidine rings is 1. The first kappa shape index (κ1) is 18.3. The molecular weight excluding hydrogens is 302 g/mol. The maximum atomic E-state index is 12.3. The van der Waals surface area contributed by atoms with Crippen LogP contribution in [0.5, 0.6) is 0 Å². The summed E-state index contributed by atoms with van der Waals surface area (Å²) in [6.45, 7) is 6.64. The predicted molar refractivity (Wildman–Crippen MR) is 96.9 cm³/mol. The number of carbonyl (C=O) groups is 2. The van der Waals surface area contributed by atoms with Crippen LogP contribution >= 0.6 is 0 Å². The molecule has 132 valence electrons. The van der Waals surface area contributed by atoms with Gasteiger partial charge in [0.15, 0.2) is 0 Å². The Morgan fingerprint density at radius 2 is 1.83 bits per heavy atom. The number of hydrogen-bond donors (Lipinski definition) is 1. The molecule has 1 aliphatic rings. The summed E-state index contributed by atoms with van der Waals surface area (Å²) in [5.41, 5.74) is 1.15. The molecule has 0 aliphatic carbocycles. The third-order valence-electron chi connectivity index (χ3n) is 4.61. The van der Waals surface area contributed by atoms with Crippen LogP contribution < -0.4 is 10.2 Å². The molecule has 0 aromatic heterocycles. The smallest absolute Gasteiger partial charge is 0.225 e. The van der Waals surface area contributed by atoms with Crippen molar-refractivity contribution in [3.8, 4) is 0 Å². The molecule has 1 aromatic rings. The number of hydrogen-bond acceptors (Lipinski definition) is 3. The van der Waals surface area contributed by atoms with Gasteiger partial charge in [-0.3, -0.25) is 9.59 Å². The van der Waals surface area contributed by atoms with Crippen LogP contribution in [-0.2, 0) is 9.59 Å². The molecule has 2 amide bonds. The first-order chi connectivity index (χ1) is 11.5. The first-order valence-electron chi connectivity index (χ1n) is 8.81. The fourth-order valence-electron chi connectivity index (χ4n) is 3.03. The van der Waals surface area contributed by atoms with Gasteiger partial charge in [0.25, 0.3) is 0 Å². The van der Waals surface area contributed by atoms with Gasteiger partial charge < -0.3 is 15.1 Å². The number of nitrogens with one attached hydrogen (secondary N) is 1. The fraction of sp³-hybridized carbons (Fsp3) is 0.579. The van der Waals surface area contributed by atoms with Crippen molar-refractivity contribution in [2.24, 2.45) is 11.8 Å². The van der Waals surface area contributed by atoms with E-state index in [1.165, 1.54) is 0 Å². The van der Waals surface area contributed by atoms with Crippen molar-refractivity contribution in [3.63, 3.8) is 0 Å². The number of likely N-dealkylation sites (tertiary alicyclic amines) is 1. The largest absolute Gasteiger partial charge is 0.373 e. The molecule has 0 atom stereocenters. The highest BCUT2D eigenvalue weighted by Crippen LogP contribution is 2.19. The standard InChI is InChI=1S/C19H29N3O2/c1-15(2)19(24)22-12-9-16(10-13-22)18(23)20-11-14-21(3)17-7-5-4-6-8-17/h4-8,15-16H,9-14H2,1-3H3,(H,20,23). The lowest BCUT2D eigenvalue weighted by atomic mass is 9.95. The van der Waals surface area contributed by atoms with Gasteiger partial charge in [-0.15, -0.1) is 0 Å². The van der Waals surface area contributed by atoms with Crippen LogP contribution in [0.3, 0.4) is 0 Å². The van der Waals surface area contributed by atoms with Crippen LogP contribution in [0.25, 0.3) is 0 Å². The summed E-state index contributed by atoms with van der Waals surface area (Å²) in [6.07, 6.45) is 1.53. The highest BCUT2D eigenvalue weighted by atomic mass is 16.2. The van der Waals surface area contributed by atoms with E-state index in [9.17, 15) is 9.59 Å². The number of anilines is 1. The minimum absolute atomic E-state index is 0.0308. The summed E-state index contributed by atoms with van der Waals surface area (Å²) in [7, 11) is 2.03. The maximum Gasteiger partial charge on any atom is 0.225 e. The summed E-state index contributed by atoms with van der Waals surface area (Å²) < 4.78 is 0. The van der Waals surface area contributed by atoms with Gasteiger partial charge in [-0.05, 0) is 25.0 Å². The van der Waals surface area contributed by atoms with Crippen molar-refractivity contribution in [3.05, 3.63) is 30.3 Å². The predicted octanol–water partition coefficient (Wildman–Crippen LogP) is 2.13. The molecule has 1 aromatic carbocycles. The SMILES string of the molecule is CC(C)C(=O)N1CCC(C(=O)NCCN(C)c2ccccc2)CC1. The van der Waals surface area contributed by atoms with Gasteiger partial charge in [-0.1, -0.05) is 32.0 Å². The van der Waals surface area contributed by atoms with Crippen LogP contribution in [0.2, 0.25) is 0 Å². The van der Waals surface area contributed by atoms with Crippen molar-refractivity contribution >= 4 is 17.5 Å². The summed E-state index contributed by atoms with van der Waals surface area (Å²) >= 11 is 0. The number of para-hydroxylation sites is 1. The number of rotatable bonds is 6. The lowest BCUT2D eigenvalue weighted by molar-refractivity contribution is -0.138. The highest BCUT2D eigenvalue weighted by Gasteiger charge is 2.27. The number of likely N-dealkylation sites (N-methyl/N-ethyl adjacent to an activating group) is 1. The molecule has 1 fully saturated rings. The summed E-state index contributed by atoms with van der Waals surface area (Å²) in [6, 6.07) is 10.1. The third-order valence-corrected chi connectivity index (χ3v) is 4.61. The van der Waals surface area contributed by atoms with E-state index in [0.29, 0.717) is 19.6 Å². The minimum atomic E-state index is 0.0308. The average molecular weight is 331 g/mol. The van der Waals surface area contributed by atoms with Crippen LogP contribution in [0, 0.1) is 11.8 Å². The average Bonchev–Trinajstić information content (AvgIpc) is 2.61. The molecule has 0 spiro atoms. The Balaban J connectivity index is 1.69. The zero-order valence-corrected chi connectivity index (χ0v) is 15.0. The highest BCUT2D eigenvalue weighted by molar-refractivity contribution is 5.80. The summed E-state index contributed by atoms with van der Waals surface area (Å²) in [5.74, 6) is 0.374. The monoisotopic (exact) mass is 331 g/mol. The lowest BCUT2D eigenvalue weighted by Crippen LogP contribution is -2.45. The molecule has 1 aliphatic heterocycles. The molecule has 1 heterocycles. The van der Waals surface area contributed by atoms with Gasteiger partial charge in [-0.2, -0.15) is 0 Å². The Morgan fingerprint density at radius 1 is 1.21 bits per heavy atom. The maximum absolute atomic E-state index is 12.3. The Hall–Kier alpha value is -2.04. The zero-order valence-electron chi connectivity index (χ0n) is 15.0. The van der Waals surface area contributed by atoms with Gasteiger partial charge in [-0.25, -0.2) is 0 Å². The van der Waals surface area contributed by atoms with Gasteiger partial charge in [0.05, 0.1) is 0 Å². The molecule has 0 radical (unpaired) electrons. The van der Waals surface area contributed by atoms with Crippen molar-refractivity contribution in [1.82, 2.24) is 10.2 Å². The van der Waals surface area contributed by atoms with E-state index < -0.39 is 0 Å². The normalized spacial score (nSPS) is 15.4. The third kappa shape index (κ3) is 4.98. The number of benzene rings is 1. The van der Waals surface area contributed by atoms with E-state index in [4.69, 9.17) is 0 Å². The second kappa shape index (κ2) is 8.71. The molecule has 1 saturated heterocycles. The van der Waals surface area contributed by atoms with E-state index in [1.807, 2.05) is 44.0 Å². The van der Waals surface area contributed by atoms with E-state index in [0.717, 1.165) is 25.1 Å². The number of amides is 2. The fourth-order valence-corrected chi connectivity index (χ4v) is 3.03. The quantitative estimate of drug-likeness (QED) is 0.869. The van der Waals surface area contributed by atoms with Gasteiger partial charge >= 0.3 is 0 Å². The van der Waals surface area contributed by atoms with Crippen molar-refractivity contribution in [2.75, 3.05) is 38.1 Å². The number of nitrogens with zero attached hydrogens (tertiary/aromatic N) is 2. The minimum Gasteiger partial charge on any atom is -0.373 e. The molecular formula is C19H29N3O2. The molecule has 1 N–H and O–H groups in total. The summed E-state index contributed by atoms with van der Waals surface area (Å²) in [5, 5.41) is 3.04. The van der Waals surface area contributed by atoms with Gasteiger partial charge in [0, 0.05) is 50.7 Å². The molecule has 24 heavy (non-hydrogen) atoms. The van der Waals surface area contributed by atoms with Gasteiger partial charge in [0.2, 0.25) is 11.8 Å². The van der Waals surface area contributed by atoms with Crippen molar-refractivity contribution in [1.29, 1.82) is 0 Å². The lowest BCUT2D eigenvalue weighted by Gasteiger charge is -2.32. The molecule has 5 heteroatoms. The van der Waals surface area contributed by atoms with Crippen LogP contribution in [0.4, 0.5) is 5.69 Å². The molecule has 2 rings (SSSR count). The second-order valence-electron chi connectivity index (χ2n) is 6.80. The Kier molecular flexibility index (Phi) is 6.64. The molecule has 5 nitrogen and oxygen atoms in total. The van der Waals surface area contributed by atoms with Crippen molar-refractivity contribution < 1.29 is 9.59 Å². The van der Waals surface area contributed by atoms with E-state index >= 15 is 0 Å². The zero-order chi connectivity index (χ0) is 17.5. The van der Waals surface area contributed by atoms with Crippen LogP contribution in [0.1, 0.15) is 26.7 Å². The Bertz CT molecular complexity index is 537. The Morgan fingerprint density at radius 3 is 2.42 bits per heavy atom. The summed E-state index contributed by atoms with van der Waals surface area (Å²) in [4.78, 5) is 28.3. The topological polar surface area (TPSA) is 52.7 Å². The molecule has 0 saturated carbocycles. The molecule has 0 unspecified atom stereocenters. The second-order valence-corrected chi connectivity index (χ2v) is 6.80.